The number of nitrogens with zero attached hydrogens (tertiary/aromatic N) is 2. The number of nitrogens with one attached hydrogen (secondary N) is 2. The van der Waals surface area contributed by atoms with Gasteiger partial charge in [-0.1, -0.05) is 59.6 Å². The number of aryl methyl sites for hydroxylation is 1. The Morgan fingerprint density at radius 1 is 1.08 bits per heavy atom. The van der Waals surface area contributed by atoms with E-state index in [2.05, 4.69) is 15.2 Å². The molecule has 1 amide bonds. The van der Waals surface area contributed by atoms with Crippen molar-refractivity contribution in [3.05, 3.63) is 117 Å². The van der Waals surface area contributed by atoms with Crippen molar-refractivity contribution in [2.24, 2.45) is 5.10 Å². The number of hydrogen-bond donors (Lipinski definition) is 2. The molecule has 0 saturated carbocycles. The van der Waals surface area contributed by atoms with Gasteiger partial charge in [-0.3, -0.25) is 14.9 Å². The molecule has 1 heterocycles. The maximum Gasteiger partial charge on any atom is 0.270 e. The van der Waals surface area contributed by atoms with Gasteiger partial charge in [0.25, 0.3) is 5.69 Å². The fourth-order valence-corrected chi connectivity index (χ4v) is 5.10. The molecular weight excluding hydrogens is 544 g/mol. The molecule has 1 aromatic heterocycles. The number of non-ortho nitro benzene ring substituents is 1. The number of halogens is 1. The van der Waals surface area contributed by atoms with E-state index in [4.69, 9.17) is 16.0 Å². The van der Waals surface area contributed by atoms with Crippen molar-refractivity contribution in [1.29, 1.82) is 0 Å². The van der Waals surface area contributed by atoms with E-state index >= 15 is 0 Å². The summed E-state index contributed by atoms with van der Waals surface area (Å²) in [5.41, 5.74) is 4.09. The number of hydrogen-bond acceptors (Lipinski definition) is 7. The van der Waals surface area contributed by atoms with E-state index in [9.17, 15) is 23.3 Å². The van der Waals surface area contributed by atoms with Crippen LogP contribution in [0, 0.1) is 17.0 Å². The van der Waals surface area contributed by atoms with Crippen LogP contribution in [0.25, 0.3) is 11.3 Å². The van der Waals surface area contributed by atoms with Crippen LogP contribution in [0.3, 0.4) is 0 Å². The minimum Gasteiger partial charge on any atom is -0.455 e. The number of rotatable bonds is 10. The fraction of sp³-hybridized carbons (Fsp3) is 0.111. The summed E-state index contributed by atoms with van der Waals surface area (Å²) < 4.78 is 34.2. The van der Waals surface area contributed by atoms with Gasteiger partial charge in [0.2, 0.25) is 15.9 Å². The van der Waals surface area contributed by atoms with Crippen molar-refractivity contribution in [2.45, 2.75) is 24.3 Å². The van der Waals surface area contributed by atoms with Crippen LogP contribution < -0.4 is 10.1 Å². The minimum absolute atomic E-state index is 0.0879. The first-order valence-electron chi connectivity index (χ1n) is 11.6. The summed E-state index contributed by atoms with van der Waals surface area (Å²) in [6.07, 6.45) is 1.03. The third kappa shape index (κ3) is 7.17. The van der Waals surface area contributed by atoms with Crippen LogP contribution in [0.4, 0.5) is 5.69 Å². The second-order valence-electron chi connectivity index (χ2n) is 8.52. The third-order valence-corrected chi connectivity index (χ3v) is 7.47. The standard InChI is InChI=1S/C27H23ClN4O6S/c1-18-7-11-22(12-8-18)39(36,37)31-25(19-5-3-2-4-6-19)16-27(33)30-29-17-21-10-14-26(38-21)23-15-20(32(34)35)9-13-24(23)28/h2-15,17,25,31H,16H2,1H3,(H,30,33)/b29-17-/t25-/m0/s1. The van der Waals surface area contributed by atoms with E-state index < -0.39 is 26.9 Å². The molecule has 4 rings (SSSR count). The summed E-state index contributed by atoms with van der Waals surface area (Å²) in [5.74, 6) is -0.00101. The molecule has 39 heavy (non-hydrogen) atoms. The van der Waals surface area contributed by atoms with E-state index in [0.717, 1.165) is 5.56 Å². The molecule has 10 nitrogen and oxygen atoms in total. The predicted octanol–water partition coefficient (Wildman–Crippen LogP) is 5.38. The molecule has 0 spiro atoms. The van der Waals surface area contributed by atoms with Gasteiger partial charge in [0, 0.05) is 24.1 Å². The van der Waals surface area contributed by atoms with Crippen molar-refractivity contribution < 1.29 is 22.6 Å². The average Bonchev–Trinajstić information content (AvgIpc) is 3.37. The summed E-state index contributed by atoms with van der Waals surface area (Å²) >= 11 is 6.16. The van der Waals surface area contributed by atoms with Crippen LogP contribution in [0.15, 0.2) is 99.3 Å². The summed E-state index contributed by atoms with van der Waals surface area (Å²) in [5, 5.41) is 15.2. The Kier molecular flexibility index (Phi) is 8.55. The first kappa shape index (κ1) is 27.7. The Hall–Kier alpha value is -4.32. The zero-order valence-corrected chi connectivity index (χ0v) is 22.1. The number of sulfonamides is 1. The number of carbonyl (C=O) groups excluding carboxylic acids is 1. The molecule has 1 atom stereocenters. The highest BCUT2D eigenvalue weighted by molar-refractivity contribution is 7.89. The SMILES string of the molecule is Cc1ccc(S(=O)(=O)N[C@@H](CC(=O)N/N=C\c2ccc(-c3cc([N+](=O)[O-])ccc3Cl)o2)c2ccccc2)cc1. The summed E-state index contributed by atoms with van der Waals surface area (Å²) in [6.45, 7) is 1.86. The van der Waals surface area contributed by atoms with Crippen LogP contribution in [0.5, 0.6) is 0 Å². The van der Waals surface area contributed by atoms with Gasteiger partial charge in [0.15, 0.2) is 0 Å². The number of furan rings is 1. The smallest absolute Gasteiger partial charge is 0.270 e. The molecule has 12 heteroatoms. The molecule has 0 radical (unpaired) electrons. The number of carbonyl (C=O) groups is 1. The quantitative estimate of drug-likeness (QED) is 0.150. The molecule has 0 saturated heterocycles. The molecule has 0 unspecified atom stereocenters. The summed E-state index contributed by atoms with van der Waals surface area (Å²) in [6, 6.07) is 21.4. The van der Waals surface area contributed by atoms with Gasteiger partial charge in [-0.05, 0) is 42.8 Å². The molecule has 0 aliphatic heterocycles. The molecule has 0 aliphatic rings. The Morgan fingerprint density at radius 2 is 1.79 bits per heavy atom. The van der Waals surface area contributed by atoms with Gasteiger partial charge in [-0.25, -0.2) is 18.6 Å². The van der Waals surface area contributed by atoms with Gasteiger partial charge in [0.1, 0.15) is 11.5 Å². The van der Waals surface area contributed by atoms with Gasteiger partial charge < -0.3 is 4.42 Å². The van der Waals surface area contributed by atoms with Crippen molar-refractivity contribution in [1.82, 2.24) is 10.1 Å². The average molecular weight is 567 g/mol. The molecule has 0 aliphatic carbocycles. The highest BCUT2D eigenvalue weighted by Crippen LogP contribution is 2.32. The van der Waals surface area contributed by atoms with Crippen LogP contribution in [0.2, 0.25) is 5.02 Å². The largest absolute Gasteiger partial charge is 0.455 e. The van der Waals surface area contributed by atoms with E-state index in [1.54, 1.807) is 54.6 Å². The lowest BCUT2D eigenvalue weighted by atomic mass is 10.0. The summed E-state index contributed by atoms with van der Waals surface area (Å²) in [4.78, 5) is 23.3. The lowest BCUT2D eigenvalue weighted by Gasteiger charge is -2.18. The number of amides is 1. The Morgan fingerprint density at radius 3 is 2.49 bits per heavy atom. The number of hydrazone groups is 1. The normalized spacial score (nSPS) is 12.4. The van der Waals surface area contributed by atoms with Crippen LogP contribution in [-0.4, -0.2) is 25.5 Å². The maximum atomic E-state index is 13.0. The van der Waals surface area contributed by atoms with E-state index in [0.29, 0.717) is 11.1 Å². The highest BCUT2D eigenvalue weighted by atomic mass is 35.5. The summed E-state index contributed by atoms with van der Waals surface area (Å²) in [7, 11) is -3.91. The Balaban J connectivity index is 1.45. The molecule has 2 N–H and O–H groups in total. The van der Waals surface area contributed by atoms with Gasteiger partial charge in [-0.15, -0.1) is 0 Å². The topological polar surface area (TPSA) is 144 Å². The number of nitro benzene ring substituents is 1. The highest BCUT2D eigenvalue weighted by Gasteiger charge is 2.24. The van der Waals surface area contributed by atoms with E-state index in [1.165, 1.54) is 36.5 Å². The van der Waals surface area contributed by atoms with Crippen LogP contribution in [0.1, 0.15) is 29.3 Å². The zero-order chi connectivity index (χ0) is 28.0. The second kappa shape index (κ2) is 12.0. The number of nitro groups is 1. The molecule has 4 aromatic rings. The molecular formula is C27H23ClN4O6S. The van der Waals surface area contributed by atoms with Gasteiger partial charge in [-0.2, -0.15) is 5.10 Å². The van der Waals surface area contributed by atoms with Crippen molar-refractivity contribution in [3.63, 3.8) is 0 Å². The lowest BCUT2D eigenvalue weighted by molar-refractivity contribution is -0.384. The molecule has 0 bridgehead atoms. The van der Waals surface area contributed by atoms with E-state index in [-0.39, 0.29) is 33.5 Å². The fourth-order valence-electron chi connectivity index (χ4n) is 3.67. The number of benzene rings is 3. The second-order valence-corrected chi connectivity index (χ2v) is 10.6. The van der Waals surface area contributed by atoms with E-state index in [1.807, 2.05) is 6.92 Å². The van der Waals surface area contributed by atoms with Crippen molar-refractivity contribution >= 4 is 39.4 Å². The molecule has 200 valence electrons. The van der Waals surface area contributed by atoms with Crippen LogP contribution in [-0.2, 0) is 14.8 Å². The van der Waals surface area contributed by atoms with Crippen molar-refractivity contribution in [3.8, 4) is 11.3 Å². The van der Waals surface area contributed by atoms with Crippen LogP contribution >= 0.6 is 11.6 Å². The van der Waals surface area contributed by atoms with Gasteiger partial charge >= 0.3 is 0 Å². The Labute approximate surface area is 229 Å². The minimum atomic E-state index is -3.91. The monoisotopic (exact) mass is 566 g/mol. The maximum absolute atomic E-state index is 13.0. The van der Waals surface area contributed by atoms with Gasteiger partial charge in [0.05, 0.1) is 27.1 Å². The zero-order valence-electron chi connectivity index (χ0n) is 20.6. The third-order valence-electron chi connectivity index (χ3n) is 5.65. The molecule has 0 fully saturated rings. The van der Waals surface area contributed by atoms with Crippen molar-refractivity contribution in [2.75, 3.05) is 0 Å². The predicted molar refractivity (Wildman–Crippen MR) is 147 cm³/mol. The molecule has 3 aromatic carbocycles. The first-order chi connectivity index (χ1) is 18.6. The Bertz CT molecular complexity index is 1620. The lowest BCUT2D eigenvalue weighted by Crippen LogP contribution is -2.32. The first-order valence-corrected chi connectivity index (χ1v) is 13.5.